The number of benzene rings is 1. The molecule has 0 radical (unpaired) electrons. The van der Waals surface area contributed by atoms with Gasteiger partial charge in [0.05, 0.1) is 20.4 Å². The van der Waals surface area contributed by atoms with Crippen molar-refractivity contribution in [2.75, 3.05) is 14.2 Å². The normalized spacial score (nSPS) is 10.5. The van der Waals surface area contributed by atoms with Gasteiger partial charge in [-0.3, -0.25) is 4.79 Å². The maximum atomic E-state index is 12.5. The molecule has 0 atom stereocenters. The fourth-order valence-electron chi connectivity index (χ4n) is 1.81. The van der Waals surface area contributed by atoms with Crippen molar-refractivity contribution in [2.24, 2.45) is 0 Å². The lowest BCUT2D eigenvalue weighted by Gasteiger charge is -2.13. The summed E-state index contributed by atoms with van der Waals surface area (Å²) in [6.45, 7) is -3.04. The summed E-state index contributed by atoms with van der Waals surface area (Å²) in [6.07, 6.45) is 1.16. The van der Waals surface area contributed by atoms with Gasteiger partial charge in [-0.25, -0.2) is 9.48 Å². The van der Waals surface area contributed by atoms with Crippen LogP contribution in [-0.4, -0.2) is 36.6 Å². The molecule has 0 bridgehead atoms. The molecule has 0 amide bonds. The number of hydrogen-bond donors (Lipinski definition) is 0. The lowest BCUT2D eigenvalue weighted by Crippen LogP contribution is -2.24. The minimum Gasteiger partial charge on any atom is -0.491 e. The second-order valence-electron chi connectivity index (χ2n) is 4.16. The predicted octanol–water partition coefficient (Wildman–Crippen LogP) is 1.63. The number of hydrogen-bond acceptors (Lipinski definition) is 6. The maximum absolute atomic E-state index is 12.5. The molecule has 0 fully saturated rings. The van der Waals surface area contributed by atoms with Crippen LogP contribution < -0.4 is 14.9 Å². The van der Waals surface area contributed by atoms with Crippen molar-refractivity contribution in [3.05, 3.63) is 46.4 Å². The summed E-state index contributed by atoms with van der Waals surface area (Å²) in [5.41, 5.74) is -1.22. The van der Waals surface area contributed by atoms with Gasteiger partial charge in [-0.1, -0.05) is 12.1 Å². The lowest BCUT2D eigenvalue weighted by molar-refractivity contribution is -0.0499. The van der Waals surface area contributed by atoms with E-state index in [1.54, 1.807) is 6.07 Å². The summed E-state index contributed by atoms with van der Waals surface area (Å²) >= 11 is 0. The molecule has 9 heteroatoms. The van der Waals surface area contributed by atoms with E-state index in [0.717, 1.165) is 18.0 Å². The number of carbonyl (C=O) groups is 1. The van der Waals surface area contributed by atoms with Crippen LogP contribution in [0.5, 0.6) is 11.5 Å². The Morgan fingerprint density at radius 2 is 1.91 bits per heavy atom. The van der Waals surface area contributed by atoms with Crippen molar-refractivity contribution < 1.29 is 27.8 Å². The van der Waals surface area contributed by atoms with Crippen LogP contribution in [0.25, 0.3) is 5.69 Å². The third-order valence-electron chi connectivity index (χ3n) is 2.81. The second kappa shape index (κ2) is 6.86. The Kier molecular flexibility index (Phi) is 4.89. The average molecular weight is 326 g/mol. The van der Waals surface area contributed by atoms with E-state index < -0.39 is 23.7 Å². The van der Waals surface area contributed by atoms with E-state index in [9.17, 15) is 18.4 Å². The monoisotopic (exact) mass is 326 g/mol. The van der Waals surface area contributed by atoms with Crippen molar-refractivity contribution in [3.63, 3.8) is 0 Å². The predicted molar refractivity (Wildman–Crippen MR) is 74.4 cm³/mol. The number of ether oxygens (including phenoxy) is 3. The third kappa shape index (κ3) is 3.44. The van der Waals surface area contributed by atoms with Gasteiger partial charge in [-0.2, -0.15) is 13.9 Å². The van der Waals surface area contributed by atoms with Crippen LogP contribution in [0.3, 0.4) is 0 Å². The van der Waals surface area contributed by atoms with Crippen LogP contribution in [0, 0.1) is 0 Å². The second-order valence-corrected chi connectivity index (χ2v) is 4.16. The van der Waals surface area contributed by atoms with Gasteiger partial charge in [0.2, 0.25) is 5.69 Å². The molecule has 0 N–H and O–H groups in total. The third-order valence-corrected chi connectivity index (χ3v) is 2.81. The fourth-order valence-corrected chi connectivity index (χ4v) is 1.81. The Morgan fingerprint density at radius 1 is 1.22 bits per heavy atom. The first-order valence-electron chi connectivity index (χ1n) is 6.28. The van der Waals surface area contributed by atoms with Gasteiger partial charge in [0.25, 0.3) is 5.43 Å². The number of nitrogens with zero attached hydrogens (tertiary/aromatic N) is 2. The highest BCUT2D eigenvalue weighted by molar-refractivity contribution is 5.87. The molecular weight excluding hydrogens is 314 g/mol. The fraction of sp³-hybridized carbons (Fsp3) is 0.214. The first kappa shape index (κ1) is 16.4. The van der Waals surface area contributed by atoms with Crippen molar-refractivity contribution in [1.82, 2.24) is 9.78 Å². The highest BCUT2D eigenvalue weighted by Gasteiger charge is 2.20. The van der Waals surface area contributed by atoms with Crippen molar-refractivity contribution in [1.29, 1.82) is 0 Å². The number of carbonyl (C=O) groups excluding carboxylic acids is 1. The maximum Gasteiger partial charge on any atom is 0.387 e. The summed E-state index contributed by atoms with van der Waals surface area (Å²) in [5.74, 6) is -1.36. The molecular formula is C14H12F2N2O5. The Bertz CT molecular complexity index is 776. The van der Waals surface area contributed by atoms with Gasteiger partial charge >= 0.3 is 12.6 Å². The molecule has 0 aliphatic heterocycles. The Morgan fingerprint density at radius 3 is 2.52 bits per heavy atom. The molecule has 23 heavy (non-hydrogen) atoms. The van der Waals surface area contributed by atoms with Gasteiger partial charge in [-0.05, 0) is 12.1 Å². The number of methoxy groups -OCH3 is 2. The van der Waals surface area contributed by atoms with E-state index in [4.69, 9.17) is 4.74 Å². The standard InChI is InChI=1S/C14H12F2N2O5/c1-21-10-7-18(17-11(12(10)19)13(20)22-2)8-5-3-4-6-9(8)23-14(15)16/h3-7,14H,1-2H3. The molecule has 0 aliphatic rings. The Labute approximate surface area is 129 Å². The molecule has 2 rings (SSSR count). The molecule has 0 spiro atoms. The zero-order valence-electron chi connectivity index (χ0n) is 12.2. The molecule has 2 aromatic rings. The smallest absolute Gasteiger partial charge is 0.387 e. The summed E-state index contributed by atoms with van der Waals surface area (Å²) in [4.78, 5) is 23.6. The SMILES string of the molecule is COC(=O)c1nn(-c2ccccc2OC(F)F)cc(OC)c1=O. The van der Waals surface area contributed by atoms with Crippen LogP contribution in [-0.2, 0) is 4.74 Å². The topological polar surface area (TPSA) is 79.7 Å². The zero-order valence-corrected chi connectivity index (χ0v) is 12.2. The largest absolute Gasteiger partial charge is 0.491 e. The number of halogens is 2. The summed E-state index contributed by atoms with van der Waals surface area (Å²) in [5, 5.41) is 3.81. The minimum atomic E-state index is -3.04. The van der Waals surface area contributed by atoms with Crippen molar-refractivity contribution in [2.45, 2.75) is 6.61 Å². The number of alkyl halides is 2. The zero-order chi connectivity index (χ0) is 17.0. The summed E-state index contributed by atoms with van der Waals surface area (Å²) < 4.78 is 39.8. The van der Waals surface area contributed by atoms with Gasteiger partial charge in [0, 0.05) is 0 Å². The highest BCUT2D eigenvalue weighted by Crippen LogP contribution is 2.24. The molecule has 0 aliphatic carbocycles. The van der Waals surface area contributed by atoms with Gasteiger partial charge in [0.1, 0.15) is 5.69 Å². The molecule has 0 saturated carbocycles. The Hall–Kier alpha value is -2.97. The van der Waals surface area contributed by atoms with E-state index in [-0.39, 0.29) is 17.2 Å². The van der Waals surface area contributed by atoms with E-state index in [1.165, 1.54) is 25.3 Å². The first-order chi connectivity index (χ1) is 11.0. The van der Waals surface area contributed by atoms with Gasteiger partial charge < -0.3 is 14.2 Å². The molecule has 0 unspecified atom stereocenters. The van der Waals surface area contributed by atoms with Crippen LogP contribution in [0.1, 0.15) is 10.5 Å². The number of aromatic nitrogens is 2. The Balaban J connectivity index is 2.65. The molecule has 1 heterocycles. The van der Waals surface area contributed by atoms with Crippen molar-refractivity contribution in [3.8, 4) is 17.2 Å². The van der Waals surface area contributed by atoms with Gasteiger partial charge in [0.15, 0.2) is 11.5 Å². The van der Waals surface area contributed by atoms with Gasteiger partial charge in [-0.15, -0.1) is 0 Å². The van der Waals surface area contributed by atoms with Crippen molar-refractivity contribution >= 4 is 5.97 Å². The van der Waals surface area contributed by atoms with Crippen LogP contribution >= 0.6 is 0 Å². The molecule has 0 saturated heterocycles. The molecule has 1 aromatic heterocycles. The minimum absolute atomic E-state index is 0.0938. The quantitative estimate of drug-likeness (QED) is 0.777. The lowest BCUT2D eigenvalue weighted by atomic mass is 10.3. The molecule has 122 valence electrons. The summed E-state index contributed by atoms with van der Waals surface area (Å²) in [6, 6.07) is 5.77. The van der Waals surface area contributed by atoms with E-state index in [1.807, 2.05) is 0 Å². The molecule has 1 aromatic carbocycles. The molecule has 7 nitrogen and oxygen atoms in total. The summed E-state index contributed by atoms with van der Waals surface area (Å²) in [7, 11) is 2.31. The van der Waals surface area contributed by atoms with Crippen LogP contribution in [0.2, 0.25) is 0 Å². The first-order valence-corrected chi connectivity index (χ1v) is 6.28. The number of esters is 1. The van der Waals surface area contributed by atoms with Crippen LogP contribution in [0.15, 0.2) is 35.3 Å². The van der Waals surface area contributed by atoms with E-state index in [2.05, 4.69) is 14.6 Å². The number of rotatable bonds is 5. The highest BCUT2D eigenvalue weighted by atomic mass is 19.3. The number of para-hydroxylation sites is 2. The van der Waals surface area contributed by atoms with E-state index in [0.29, 0.717) is 0 Å². The van der Waals surface area contributed by atoms with Crippen LogP contribution in [0.4, 0.5) is 8.78 Å². The van der Waals surface area contributed by atoms with E-state index >= 15 is 0 Å². The average Bonchev–Trinajstić information content (AvgIpc) is 2.54.